The average molecular weight is 189 g/mol. The van der Waals surface area contributed by atoms with Gasteiger partial charge in [-0.25, -0.2) is 0 Å². The van der Waals surface area contributed by atoms with Crippen molar-refractivity contribution in [2.75, 3.05) is 7.11 Å². The van der Waals surface area contributed by atoms with Crippen molar-refractivity contribution in [1.29, 1.82) is 0 Å². The molecular weight excluding hydrogens is 178 g/mol. The maximum atomic E-state index is 9.16. The Labute approximate surface area is 82.0 Å². The van der Waals surface area contributed by atoms with Crippen molar-refractivity contribution in [3.63, 3.8) is 0 Å². The molecule has 3 nitrogen and oxygen atoms in total. The Bertz CT molecular complexity index is 454. The van der Waals surface area contributed by atoms with Gasteiger partial charge in [0, 0.05) is 17.1 Å². The molecule has 3 heteroatoms. The highest BCUT2D eigenvalue weighted by Crippen LogP contribution is 2.23. The minimum atomic E-state index is -0.0231. The van der Waals surface area contributed by atoms with Crippen LogP contribution in [0.2, 0.25) is 0 Å². The van der Waals surface area contributed by atoms with Gasteiger partial charge in [-0.15, -0.1) is 0 Å². The highest BCUT2D eigenvalue weighted by Gasteiger charge is 2.03. The van der Waals surface area contributed by atoms with Crippen molar-refractivity contribution in [3.05, 3.63) is 36.0 Å². The summed E-state index contributed by atoms with van der Waals surface area (Å²) in [5, 5.41) is 10.1. The lowest BCUT2D eigenvalue weighted by atomic mass is 10.1. The number of benzene rings is 1. The fourth-order valence-corrected chi connectivity index (χ4v) is 1.48. The second-order valence-electron chi connectivity index (χ2n) is 3.02. The fraction of sp³-hybridized carbons (Fsp3) is 0.182. The van der Waals surface area contributed by atoms with Crippen LogP contribution in [-0.4, -0.2) is 17.2 Å². The number of aliphatic hydroxyl groups excluding tert-OH is 1. The third-order valence-corrected chi connectivity index (χ3v) is 2.16. The molecule has 0 aliphatic rings. The molecule has 0 unspecified atom stereocenters. The van der Waals surface area contributed by atoms with Crippen LogP contribution >= 0.6 is 0 Å². The van der Waals surface area contributed by atoms with Gasteiger partial charge < -0.3 is 9.84 Å². The number of pyridine rings is 1. The molecule has 0 fully saturated rings. The number of rotatable bonds is 2. The number of hydrogen-bond acceptors (Lipinski definition) is 3. The highest BCUT2D eigenvalue weighted by atomic mass is 16.5. The van der Waals surface area contributed by atoms with Crippen molar-refractivity contribution in [1.82, 2.24) is 4.98 Å². The first-order valence-electron chi connectivity index (χ1n) is 4.37. The topological polar surface area (TPSA) is 42.4 Å². The van der Waals surface area contributed by atoms with Gasteiger partial charge >= 0.3 is 0 Å². The monoisotopic (exact) mass is 189 g/mol. The van der Waals surface area contributed by atoms with E-state index >= 15 is 0 Å². The van der Waals surface area contributed by atoms with E-state index in [1.807, 2.05) is 18.2 Å². The van der Waals surface area contributed by atoms with Crippen molar-refractivity contribution in [2.24, 2.45) is 0 Å². The first kappa shape index (κ1) is 8.97. The summed E-state index contributed by atoms with van der Waals surface area (Å²) < 4.78 is 5.13. The summed E-state index contributed by atoms with van der Waals surface area (Å²) in [6, 6.07) is 7.52. The lowest BCUT2D eigenvalue weighted by Gasteiger charge is -2.06. The minimum Gasteiger partial charge on any atom is -0.497 e. The van der Waals surface area contributed by atoms with Gasteiger partial charge in [-0.2, -0.15) is 0 Å². The summed E-state index contributed by atoms with van der Waals surface area (Å²) in [6.45, 7) is -0.0231. The van der Waals surface area contributed by atoms with Crippen LogP contribution in [0.5, 0.6) is 5.75 Å². The van der Waals surface area contributed by atoms with Gasteiger partial charge in [-0.05, 0) is 18.2 Å². The Balaban J connectivity index is 2.73. The molecule has 2 rings (SSSR count). The smallest absolute Gasteiger partial charge is 0.119 e. The quantitative estimate of drug-likeness (QED) is 0.782. The van der Waals surface area contributed by atoms with Gasteiger partial charge in [-0.3, -0.25) is 4.98 Å². The van der Waals surface area contributed by atoms with E-state index in [1.165, 1.54) is 0 Å². The second-order valence-corrected chi connectivity index (χ2v) is 3.02. The molecule has 1 aromatic heterocycles. The zero-order valence-corrected chi connectivity index (χ0v) is 7.90. The van der Waals surface area contributed by atoms with Crippen molar-refractivity contribution < 1.29 is 9.84 Å². The van der Waals surface area contributed by atoms with Crippen LogP contribution in [0, 0.1) is 0 Å². The maximum Gasteiger partial charge on any atom is 0.119 e. The predicted octanol–water partition coefficient (Wildman–Crippen LogP) is 1.74. The molecule has 0 radical (unpaired) electrons. The Morgan fingerprint density at radius 1 is 1.43 bits per heavy atom. The van der Waals surface area contributed by atoms with Gasteiger partial charge in [0.15, 0.2) is 0 Å². The zero-order valence-electron chi connectivity index (χ0n) is 7.90. The minimum absolute atomic E-state index is 0.0231. The third kappa shape index (κ3) is 1.42. The first-order valence-corrected chi connectivity index (χ1v) is 4.37. The van der Waals surface area contributed by atoms with Crippen LogP contribution in [0.15, 0.2) is 30.5 Å². The molecule has 0 aliphatic heterocycles. The van der Waals surface area contributed by atoms with E-state index in [9.17, 15) is 0 Å². The maximum absolute atomic E-state index is 9.16. The van der Waals surface area contributed by atoms with Gasteiger partial charge in [-0.1, -0.05) is 6.07 Å². The molecule has 14 heavy (non-hydrogen) atoms. The lowest BCUT2D eigenvalue weighted by Crippen LogP contribution is -1.91. The van der Waals surface area contributed by atoms with E-state index in [-0.39, 0.29) is 6.61 Å². The van der Waals surface area contributed by atoms with Crippen LogP contribution in [-0.2, 0) is 6.61 Å². The van der Waals surface area contributed by atoms with E-state index in [2.05, 4.69) is 4.98 Å². The SMILES string of the molecule is COc1cc(CO)c2ncccc2c1. The second kappa shape index (κ2) is 3.64. The fourth-order valence-electron chi connectivity index (χ4n) is 1.48. The number of methoxy groups -OCH3 is 1. The number of fused-ring (bicyclic) bond motifs is 1. The molecule has 1 N–H and O–H groups in total. The zero-order chi connectivity index (χ0) is 9.97. The lowest BCUT2D eigenvalue weighted by molar-refractivity contribution is 0.282. The third-order valence-electron chi connectivity index (χ3n) is 2.16. The first-order chi connectivity index (χ1) is 6.85. The molecule has 0 saturated heterocycles. The Kier molecular flexibility index (Phi) is 2.33. The number of aromatic nitrogens is 1. The van der Waals surface area contributed by atoms with E-state index in [4.69, 9.17) is 9.84 Å². The van der Waals surface area contributed by atoms with Gasteiger partial charge in [0.2, 0.25) is 0 Å². The summed E-state index contributed by atoms with van der Waals surface area (Å²) in [6.07, 6.45) is 1.72. The Morgan fingerprint density at radius 2 is 2.29 bits per heavy atom. The Hall–Kier alpha value is -1.61. The molecule has 72 valence electrons. The predicted molar refractivity (Wildman–Crippen MR) is 54.2 cm³/mol. The molecule has 0 aliphatic carbocycles. The van der Waals surface area contributed by atoms with Crippen LogP contribution in [0.25, 0.3) is 10.9 Å². The van der Waals surface area contributed by atoms with E-state index in [0.29, 0.717) is 0 Å². The molecule has 1 heterocycles. The van der Waals surface area contributed by atoms with Gasteiger partial charge in [0.1, 0.15) is 5.75 Å². The summed E-state index contributed by atoms with van der Waals surface area (Å²) in [7, 11) is 1.61. The van der Waals surface area contributed by atoms with Gasteiger partial charge in [0.25, 0.3) is 0 Å². The van der Waals surface area contributed by atoms with Crippen molar-refractivity contribution in [2.45, 2.75) is 6.61 Å². The largest absolute Gasteiger partial charge is 0.497 e. The van der Waals surface area contributed by atoms with Crippen molar-refractivity contribution >= 4 is 10.9 Å². The van der Waals surface area contributed by atoms with Gasteiger partial charge in [0.05, 0.1) is 19.2 Å². The van der Waals surface area contributed by atoms with E-state index in [1.54, 1.807) is 19.4 Å². The number of aliphatic hydroxyl groups is 1. The molecule has 1 aromatic carbocycles. The normalized spacial score (nSPS) is 10.4. The summed E-state index contributed by atoms with van der Waals surface area (Å²) in [4.78, 5) is 4.21. The summed E-state index contributed by atoms with van der Waals surface area (Å²) >= 11 is 0. The Morgan fingerprint density at radius 3 is 3.00 bits per heavy atom. The van der Waals surface area contributed by atoms with Crippen LogP contribution in [0.4, 0.5) is 0 Å². The number of nitrogens with zero attached hydrogens (tertiary/aromatic N) is 1. The van der Waals surface area contributed by atoms with E-state index < -0.39 is 0 Å². The van der Waals surface area contributed by atoms with Crippen LogP contribution < -0.4 is 4.74 Å². The molecule has 0 atom stereocenters. The average Bonchev–Trinajstić information content (AvgIpc) is 2.27. The van der Waals surface area contributed by atoms with Crippen LogP contribution in [0.3, 0.4) is 0 Å². The summed E-state index contributed by atoms with van der Waals surface area (Å²) in [5.41, 5.74) is 1.62. The molecular formula is C11H11NO2. The number of hydrogen-bond donors (Lipinski definition) is 1. The summed E-state index contributed by atoms with van der Waals surface area (Å²) in [5.74, 6) is 0.745. The molecule has 0 bridgehead atoms. The molecule has 0 saturated carbocycles. The van der Waals surface area contributed by atoms with Crippen molar-refractivity contribution in [3.8, 4) is 5.75 Å². The van der Waals surface area contributed by atoms with E-state index in [0.717, 1.165) is 22.2 Å². The highest BCUT2D eigenvalue weighted by molar-refractivity contribution is 5.83. The van der Waals surface area contributed by atoms with Crippen LogP contribution in [0.1, 0.15) is 5.56 Å². The molecule has 0 amide bonds. The number of ether oxygens (including phenoxy) is 1. The standard InChI is InChI=1S/C11H11NO2/c1-14-10-5-8-3-2-4-12-11(8)9(6-10)7-13/h2-6,13H,7H2,1H3. The molecule has 2 aromatic rings. The molecule has 0 spiro atoms.